The molecule has 0 fully saturated rings. The van der Waals surface area contributed by atoms with Gasteiger partial charge in [0.1, 0.15) is 11.5 Å². The smallest absolute Gasteiger partial charge is 0.130 e. The predicted octanol–water partition coefficient (Wildman–Crippen LogP) is 5.49. The van der Waals surface area contributed by atoms with Gasteiger partial charge in [0.2, 0.25) is 0 Å². The summed E-state index contributed by atoms with van der Waals surface area (Å²) < 4.78 is 5.87. The zero-order valence-corrected chi connectivity index (χ0v) is 11.8. The van der Waals surface area contributed by atoms with E-state index in [0.29, 0.717) is 5.88 Å². The van der Waals surface area contributed by atoms with E-state index in [0.717, 1.165) is 33.2 Å². The van der Waals surface area contributed by atoms with Crippen LogP contribution in [0, 0.1) is 13.8 Å². The topological polar surface area (TPSA) is 9.23 Å². The first kappa shape index (κ1) is 13.3. The van der Waals surface area contributed by atoms with Crippen LogP contribution >= 0.6 is 23.2 Å². The summed E-state index contributed by atoms with van der Waals surface area (Å²) in [6, 6.07) is 11.6. The van der Waals surface area contributed by atoms with Gasteiger partial charge in [-0.15, -0.1) is 11.6 Å². The SMILES string of the molecule is Cc1cc(Oc2cc(CCl)ccc2C)ccc1Cl. The minimum absolute atomic E-state index is 0.482. The first-order valence-corrected chi connectivity index (χ1v) is 6.61. The maximum Gasteiger partial charge on any atom is 0.130 e. The van der Waals surface area contributed by atoms with Gasteiger partial charge in [0.05, 0.1) is 0 Å². The Balaban J connectivity index is 2.30. The molecule has 0 amide bonds. The van der Waals surface area contributed by atoms with Crippen LogP contribution in [0.3, 0.4) is 0 Å². The molecule has 18 heavy (non-hydrogen) atoms. The predicted molar refractivity (Wildman–Crippen MR) is 77.0 cm³/mol. The highest BCUT2D eigenvalue weighted by Crippen LogP contribution is 2.29. The van der Waals surface area contributed by atoms with Gasteiger partial charge in [0.25, 0.3) is 0 Å². The highest BCUT2D eigenvalue weighted by molar-refractivity contribution is 6.31. The Morgan fingerprint density at radius 3 is 2.44 bits per heavy atom. The summed E-state index contributed by atoms with van der Waals surface area (Å²) in [7, 11) is 0. The van der Waals surface area contributed by atoms with Crippen LogP contribution in [0.2, 0.25) is 5.02 Å². The van der Waals surface area contributed by atoms with Crippen LogP contribution in [0.15, 0.2) is 36.4 Å². The van der Waals surface area contributed by atoms with Crippen LogP contribution in [-0.4, -0.2) is 0 Å². The van der Waals surface area contributed by atoms with Crippen LogP contribution in [0.4, 0.5) is 0 Å². The Morgan fingerprint density at radius 2 is 1.78 bits per heavy atom. The number of benzene rings is 2. The van der Waals surface area contributed by atoms with E-state index >= 15 is 0 Å². The zero-order valence-electron chi connectivity index (χ0n) is 10.3. The van der Waals surface area contributed by atoms with Crippen molar-refractivity contribution in [2.45, 2.75) is 19.7 Å². The van der Waals surface area contributed by atoms with Crippen molar-refractivity contribution in [3.63, 3.8) is 0 Å². The number of aryl methyl sites for hydroxylation is 2. The summed E-state index contributed by atoms with van der Waals surface area (Å²) in [4.78, 5) is 0. The van der Waals surface area contributed by atoms with E-state index in [1.165, 1.54) is 0 Å². The summed E-state index contributed by atoms with van der Waals surface area (Å²) >= 11 is 11.8. The summed E-state index contributed by atoms with van der Waals surface area (Å²) in [5.74, 6) is 2.10. The molecule has 0 aliphatic carbocycles. The van der Waals surface area contributed by atoms with Gasteiger partial charge in [-0.1, -0.05) is 23.7 Å². The number of halogens is 2. The number of hydrogen-bond donors (Lipinski definition) is 0. The Hall–Kier alpha value is -1.18. The summed E-state index contributed by atoms with van der Waals surface area (Å²) in [5.41, 5.74) is 3.12. The van der Waals surface area contributed by atoms with E-state index in [1.54, 1.807) is 0 Å². The fourth-order valence-electron chi connectivity index (χ4n) is 1.65. The molecule has 0 N–H and O–H groups in total. The molecule has 2 rings (SSSR count). The monoisotopic (exact) mass is 280 g/mol. The third-order valence-electron chi connectivity index (χ3n) is 2.76. The van der Waals surface area contributed by atoms with Crippen molar-refractivity contribution in [3.8, 4) is 11.5 Å². The Bertz CT molecular complexity index is 564. The quantitative estimate of drug-likeness (QED) is 0.676. The molecule has 0 aliphatic heterocycles. The molecule has 0 atom stereocenters. The first-order chi connectivity index (χ1) is 8.60. The molecule has 2 aromatic rings. The van der Waals surface area contributed by atoms with Crippen molar-refractivity contribution in [1.82, 2.24) is 0 Å². The molecule has 0 aliphatic rings. The van der Waals surface area contributed by atoms with Crippen LogP contribution in [0.5, 0.6) is 11.5 Å². The van der Waals surface area contributed by atoms with Crippen LogP contribution < -0.4 is 4.74 Å². The third-order valence-corrected chi connectivity index (χ3v) is 3.50. The van der Waals surface area contributed by atoms with Gasteiger partial charge in [0.15, 0.2) is 0 Å². The van der Waals surface area contributed by atoms with Gasteiger partial charge in [-0.05, 0) is 54.8 Å². The lowest BCUT2D eigenvalue weighted by molar-refractivity contribution is 0.478. The van der Waals surface area contributed by atoms with E-state index in [2.05, 4.69) is 0 Å². The lowest BCUT2D eigenvalue weighted by Gasteiger charge is -2.11. The molecule has 0 spiro atoms. The highest BCUT2D eigenvalue weighted by atomic mass is 35.5. The van der Waals surface area contributed by atoms with E-state index in [9.17, 15) is 0 Å². The van der Waals surface area contributed by atoms with Crippen molar-refractivity contribution in [3.05, 3.63) is 58.1 Å². The van der Waals surface area contributed by atoms with Gasteiger partial charge in [-0.3, -0.25) is 0 Å². The van der Waals surface area contributed by atoms with Crippen molar-refractivity contribution in [1.29, 1.82) is 0 Å². The van der Waals surface area contributed by atoms with Crippen molar-refractivity contribution < 1.29 is 4.74 Å². The van der Waals surface area contributed by atoms with E-state index < -0.39 is 0 Å². The lowest BCUT2D eigenvalue weighted by Crippen LogP contribution is -1.90. The fourth-order valence-corrected chi connectivity index (χ4v) is 1.93. The standard InChI is InChI=1S/C15H14Cl2O/c1-10-3-4-12(9-16)8-15(10)18-13-5-6-14(17)11(2)7-13/h3-8H,9H2,1-2H3. The number of ether oxygens (including phenoxy) is 1. The molecule has 0 saturated carbocycles. The van der Waals surface area contributed by atoms with Crippen LogP contribution in [0.25, 0.3) is 0 Å². The molecular formula is C15H14Cl2O. The van der Waals surface area contributed by atoms with E-state index in [4.69, 9.17) is 27.9 Å². The second-order valence-corrected chi connectivity index (χ2v) is 4.92. The molecule has 2 aromatic carbocycles. The van der Waals surface area contributed by atoms with Gasteiger partial charge < -0.3 is 4.74 Å². The zero-order chi connectivity index (χ0) is 13.1. The second kappa shape index (κ2) is 5.64. The molecule has 0 saturated heterocycles. The average molecular weight is 281 g/mol. The fraction of sp³-hybridized carbons (Fsp3) is 0.200. The van der Waals surface area contributed by atoms with Crippen molar-refractivity contribution >= 4 is 23.2 Å². The number of rotatable bonds is 3. The molecule has 0 aromatic heterocycles. The first-order valence-electron chi connectivity index (χ1n) is 5.69. The number of alkyl halides is 1. The number of hydrogen-bond acceptors (Lipinski definition) is 1. The minimum atomic E-state index is 0.482. The average Bonchev–Trinajstić information content (AvgIpc) is 2.36. The second-order valence-electron chi connectivity index (χ2n) is 4.25. The van der Waals surface area contributed by atoms with Gasteiger partial charge in [-0.25, -0.2) is 0 Å². The molecule has 3 heteroatoms. The summed E-state index contributed by atoms with van der Waals surface area (Å²) in [5, 5.41) is 0.744. The molecule has 0 bridgehead atoms. The molecular weight excluding hydrogens is 267 g/mol. The Morgan fingerprint density at radius 1 is 1.00 bits per heavy atom. The van der Waals surface area contributed by atoms with Crippen LogP contribution in [0.1, 0.15) is 16.7 Å². The molecule has 0 radical (unpaired) electrons. The van der Waals surface area contributed by atoms with Gasteiger partial charge in [-0.2, -0.15) is 0 Å². The normalized spacial score (nSPS) is 10.4. The summed E-state index contributed by atoms with van der Waals surface area (Å²) in [6.07, 6.45) is 0. The third kappa shape index (κ3) is 2.98. The maximum atomic E-state index is 5.99. The van der Waals surface area contributed by atoms with Crippen LogP contribution in [-0.2, 0) is 5.88 Å². The van der Waals surface area contributed by atoms with E-state index in [-0.39, 0.29) is 0 Å². The Kier molecular flexibility index (Phi) is 4.15. The highest BCUT2D eigenvalue weighted by Gasteiger charge is 2.04. The largest absolute Gasteiger partial charge is 0.457 e. The molecule has 94 valence electrons. The van der Waals surface area contributed by atoms with Crippen molar-refractivity contribution in [2.75, 3.05) is 0 Å². The molecule has 0 heterocycles. The van der Waals surface area contributed by atoms with Gasteiger partial charge >= 0.3 is 0 Å². The molecule has 1 nitrogen and oxygen atoms in total. The maximum absolute atomic E-state index is 5.99. The van der Waals surface area contributed by atoms with Gasteiger partial charge in [0, 0.05) is 10.9 Å². The Labute approximate surface area is 117 Å². The van der Waals surface area contributed by atoms with E-state index in [1.807, 2.05) is 50.2 Å². The van der Waals surface area contributed by atoms with Crippen molar-refractivity contribution in [2.24, 2.45) is 0 Å². The molecule has 0 unspecified atom stereocenters. The summed E-state index contributed by atoms with van der Waals surface area (Å²) in [6.45, 7) is 3.97. The minimum Gasteiger partial charge on any atom is -0.457 e. The lowest BCUT2D eigenvalue weighted by atomic mass is 10.1.